The normalized spacial score (nSPS) is 25.5. The second kappa shape index (κ2) is 8.79. The Morgan fingerprint density at radius 2 is 1.81 bits per heavy atom. The second-order valence-corrected chi connectivity index (χ2v) is 10.5. The first-order valence-corrected chi connectivity index (χ1v) is 10.9. The van der Waals surface area contributed by atoms with E-state index < -0.39 is 16.4 Å². The highest BCUT2D eigenvalue weighted by molar-refractivity contribution is 7.83. The SMILES string of the molecule is Cc1ccc(S(=NC(=O)C(C)(C)C)O[C@@H]2C[C@H](C)CC[C@H]2C(C)C)cc1. The predicted octanol–water partition coefficient (Wildman–Crippen LogP) is 6.12. The number of benzene rings is 1. The number of rotatable bonds is 4. The van der Waals surface area contributed by atoms with Gasteiger partial charge in [-0.3, -0.25) is 8.98 Å². The Kier molecular flexibility index (Phi) is 7.20. The molecule has 1 unspecified atom stereocenters. The highest BCUT2D eigenvalue weighted by Gasteiger charge is 2.33. The molecule has 1 aliphatic carbocycles. The smallest absolute Gasteiger partial charge is 0.259 e. The Balaban J connectivity index is 2.35. The molecule has 2 rings (SSSR count). The summed E-state index contributed by atoms with van der Waals surface area (Å²) in [5.41, 5.74) is 0.710. The first-order chi connectivity index (χ1) is 12.1. The highest BCUT2D eigenvalue weighted by Crippen LogP contribution is 2.36. The van der Waals surface area contributed by atoms with E-state index in [4.69, 9.17) is 4.18 Å². The van der Waals surface area contributed by atoms with Crippen molar-refractivity contribution in [2.24, 2.45) is 27.5 Å². The van der Waals surface area contributed by atoms with E-state index >= 15 is 0 Å². The van der Waals surface area contributed by atoms with Gasteiger partial charge in [-0.1, -0.05) is 65.7 Å². The van der Waals surface area contributed by atoms with E-state index in [1.807, 2.05) is 20.8 Å². The fourth-order valence-corrected chi connectivity index (χ4v) is 4.85. The summed E-state index contributed by atoms with van der Waals surface area (Å²) < 4.78 is 11.1. The fraction of sp³-hybridized carbons (Fsp3) is 0.682. The van der Waals surface area contributed by atoms with Crippen LogP contribution in [0.15, 0.2) is 33.5 Å². The van der Waals surface area contributed by atoms with Gasteiger partial charge in [-0.05, 0) is 49.7 Å². The van der Waals surface area contributed by atoms with E-state index in [1.165, 1.54) is 18.4 Å². The summed E-state index contributed by atoms with van der Waals surface area (Å²) in [5.74, 6) is 1.68. The average molecular weight is 378 g/mol. The summed E-state index contributed by atoms with van der Waals surface area (Å²) in [6, 6.07) is 8.24. The molecule has 3 nitrogen and oxygen atoms in total. The molecule has 4 heteroatoms. The third-order valence-electron chi connectivity index (χ3n) is 5.21. The maximum Gasteiger partial charge on any atom is 0.259 e. The van der Waals surface area contributed by atoms with E-state index in [-0.39, 0.29) is 12.0 Å². The molecule has 1 fully saturated rings. The van der Waals surface area contributed by atoms with Gasteiger partial charge in [0.25, 0.3) is 5.91 Å². The zero-order chi connectivity index (χ0) is 19.5. The lowest BCUT2D eigenvalue weighted by atomic mass is 9.75. The van der Waals surface area contributed by atoms with Crippen molar-refractivity contribution in [1.29, 1.82) is 0 Å². The molecule has 1 aromatic rings. The largest absolute Gasteiger partial charge is 0.298 e. The van der Waals surface area contributed by atoms with Crippen LogP contribution in [-0.2, 0) is 19.9 Å². The zero-order valence-corrected chi connectivity index (χ0v) is 18.2. The van der Waals surface area contributed by atoms with E-state index in [0.29, 0.717) is 17.8 Å². The van der Waals surface area contributed by atoms with Crippen molar-refractivity contribution in [3.05, 3.63) is 29.8 Å². The highest BCUT2D eigenvalue weighted by atomic mass is 32.2. The number of carbonyl (C=O) groups is 1. The number of hydrogen-bond acceptors (Lipinski definition) is 2. The van der Waals surface area contributed by atoms with Gasteiger partial charge in [0.2, 0.25) is 0 Å². The maximum absolute atomic E-state index is 12.6. The molecule has 1 amide bonds. The standard InChI is InChI=1S/C22H35NO2S/c1-15(2)19-13-10-17(4)14-20(19)25-26(23-21(24)22(5,6)7)18-11-8-16(3)9-12-18/h8-9,11-12,15,17,19-20H,10,13-14H2,1-7H3/t17-,19+,20-,26?/m1/s1. The van der Waals surface area contributed by atoms with E-state index in [0.717, 1.165) is 11.3 Å². The minimum atomic E-state index is -0.847. The van der Waals surface area contributed by atoms with Crippen LogP contribution in [0.25, 0.3) is 0 Å². The molecule has 1 aliphatic rings. The molecule has 1 saturated carbocycles. The molecule has 4 atom stereocenters. The second-order valence-electron chi connectivity index (χ2n) is 9.17. The van der Waals surface area contributed by atoms with Gasteiger partial charge in [0, 0.05) is 10.3 Å². The van der Waals surface area contributed by atoms with Gasteiger partial charge < -0.3 is 0 Å². The van der Waals surface area contributed by atoms with Crippen LogP contribution in [0.2, 0.25) is 0 Å². The lowest BCUT2D eigenvalue weighted by Crippen LogP contribution is -2.35. The Labute approximate surface area is 162 Å². The summed E-state index contributed by atoms with van der Waals surface area (Å²) in [7, 11) is -0.847. The third-order valence-corrected chi connectivity index (χ3v) is 6.64. The van der Waals surface area contributed by atoms with Crippen LogP contribution in [0.5, 0.6) is 0 Å². The lowest BCUT2D eigenvalue weighted by Gasteiger charge is -2.37. The molecule has 0 bridgehead atoms. The molecule has 0 aromatic heterocycles. The Morgan fingerprint density at radius 1 is 1.19 bits per heavy atom. The molecule has 26 heavy (non-hydrogen) atoms. The molecule has 0 N–H and O–H groups in total. The van der Waals surface area contributed by atoms with Gasteiger partial charge in [0.1, 0.15) is 0 Å². The van der Waals surface area contributed by atoms with Gasteiger partial charge in [0.05, 0.1) is 17.1 Å². The number of hydrogen-bond donors (Lipinski definition) is 0. The lowest BCUT2D eigenvalue weighted by molar-refractivity contribution is -0.124. The number of amides is 1. The van der Waals surface area contributed by atoms with Crippen molar-refractivity contribution in [2.75, 3.05) is 0 Å². The molecule has 0 heterocycles. The van der Waals surface area contributed by atoms with E-state index in [9.17, 15) is 4.79 Å². The summed E-state index contributed by atoms with van der Waals surface area (Å²) in [5, 5.41) is 0. The van der Waals surface area contributed by atoms with Gasteiger partial charge in [-0.25, -0.2) is 0 Å². The Bertz CT molecular complexity index is 643. The first-order valence-electron chi connectivity index (χ1n) is 9.82. The van der Waals surface area contributed by atoms with Crippen LogP contribution in [0.1, 0.15) is 66.4 Å². The van der Waals surface area contributed by atoms with Crippen LogP contribution in [0, 0.1) is 30.1 Å². The number of nitrogens with zero attached hydrogens (tertiary/aromatic N) is 1. The maximum atomic E-state index is 12.6. The van der Waals surface area contributed by atoms with Crippen molar-refractivity contribution in [3.8, 4) is 0 Å². The van der Waals surface area contributed by atoms with Crippen molar-refractivity contribution in [1.82, 2.24) is 0 Å². The van der Waals surface area contributed by atoms with Gasteiger partial charge in [0.15, 0.2) is 0 Å². The number of carbonyl (C=O) groups excluding carboxylic acids is 1. The molecule has 0 aliphatic heterocycles. The van der Waals surface area contributed by atoms with Crippen LogP contribution in [-0.4, -0.2) is 12.0 Å². The minimum absolute atomic E-state index is 0.0913. The van der Waals surface area contributed by atoms with Crippen LogP contribution >= 0.6 is 0 Å². The molecule has 0 spiro atoms. The van der Waals surface area contributed by atoms with Crippen LogP contribution in [0.4, 0.5) is 0 Å². The van der Waals surface area contributed by atoms with Crippen LogP contribution in [0.3, 0.4) is 0 Å². The Hall–Kier alpha value is -1.00. The fourth-order valence-electron chi connectivity index (χ4n) is 3.34. The topological polar surface area (TPSA) is 38.7 Å². The molecular weight excluding hydrogens is 342 g/mol. The molecule has 0 radical (unpaired) electrons. The molecule has 146 valence electrons. The quantitative estimate of drug-likeness (QED) is 0.634. The zero-order valence-electron chi connectivity index (χ0n) is 17.4. The number of aryl methyl sites for hydroxylation is 1. The average Bonchev–Trinajstić information content (AvgIpc) is 2.53. The van der Waals surface area contributed by atoms with Crippen molar-refractivity contribution in [3.63, 3.8) is 0 Å². The van der Waals surface area contributed by atoms with Crippen molar-refractivity contribution >= 4 is 16.9 Å². The monoisotopic (exact) mass is 377 g/mol. The predicted molar refractivity (Wildman–Crippen MR) is 110 cm³/mol. The van der Waals surface area contributed by atoms with Crippen molar-refractivity contribution < 1.29 is 8.98 Å². The third kappa shape index (κ3) is 5.75. The Morgan fingerprint density at radius 3 is 2.35 bits per heavy atom. The van der Waals surface area contributed by atoms with E-state index in [2.05, 4.69) is 56.3 Å². The minimum Gasteiger partial charge on any atom is -0.298 e. The molecular formula is C22H35NO2S. The molecule has 1 aromatic carbocycles. The van der Waals surface area contributed by atoms with Crippen molar-refractivity contribution in [2.45, 2.75) is 78.7 Å². The summed E-state index contributed by atoms with van der Waals surface area (Å²) >= 11 is 0. The van der Waals surface area contributed by atoms with Gasteiger partial charge >= 0.3 is 0 Å². The van der Waals surface area contributed by atoms with E-state index in [1.54, 1.807) is 0 Å². The summed E-state index contributed by atoms with van der Waals surface area (Å²) in [4.78, 5) is 13.6. The van der Waals surface area contributed by atoms with Crippen LogP contribution < -0.4 is 0 Å². The molecule has 0 saturated heterocycles. The first kappa shape index (κ1) is 21.3. The van der Waals surface area contributed by atoms with Gasteiger partial charge in [-0.15, -0.1) is 0 Å². The summed E-state index contributed by atoms with van der Waals surface area (Å²) in [6.45, 7) is 14.7. The van der Waals surface area contributed by atoms with Gasteiger partial charge in [-0.2, -0.15) is 4.36 Å². The summed E-state index contributed by atoms with van der Waals surface area (Å²) in [6.07, 6.45) is 3.68.